The first-order valence-corrected chi connectivity index (χ1v) is 6.78. The minimum Gasteiger partial charge on any atom is -0.495 e. The van der Waals surface area contributed by atoms with Gasteiger partial charge in [-0.15, -0.1) is 0 Å². The van der Waals surface area contributed by atoms with Crippen LogP contribution >= 0.6 is 0 Å². The molecule has 6 nitrogen and oxygen atoms in total. The van der Waals surface area contributed by atoms with Gasteiger partial charge in [-0.1, -0.05) is 19.1 Å². The summed E-state index contributed by atoms with van der Waals surface area (Å²) < 4.78 is 5.16. The average Bonchev–Trinajstić information content (AvgIpc) is 2.45. The number of carboxylic acids is 1. The van der Waals surface area contributed by atoms with Gasteiger partial charge in [0.05, 0.1) is 18.7 Å². The summed E-state index contributed by atoms with van der Waals surface area (Å²) in [5.74, 6) is -0.805. The third-order valence-corrected chi connectivity index (χ3v) is 3.11. The molecule has 1 rings (SSSR count). The second-order valence-electron chi connectivity index (χ2n) is 5.00. The first-order valence-electron chi connectivity index (χ1n) is 6.78. The van der Waals surface area contributed by atoms with Crippen molar-refractivity contribution in [3.05, 3.63) is 24.3 Å². The van der Waals surface area contributed by atoms with Gasteiger partial charge in [0.25, 0.3) is 0 Å². The van der Waals surface area contributed by atoms with Gasteiger partial charge in [-0.05, 0) is 19.2 Å². The number of carbonyl (C=O) groups is 2. The van der Waals surface area contributed by atoms with Gasteiger partial charge in [0.2, 0.25) is 5.91 Å². The molecule has 0 bridgehead atoms. The van der Waals surface area contributed by atoms with Crippen molar-refractivity contribution in [3.8, 4) is 5.75 Å². The highest BCUT2D eigenvalue weighted by Gasteiger charge is 2.14. The van der Waals surface area contributed by atoms with Crippen LogP contribution < -0.4 is 10.1 Å². The molecular formula is C15H22N2O4. The second kappa shape index (κ2) is 8.26. The number of carbonyl (C=O) groups excluding carboxylic acids is 1. The summed E-state index contributed by atoms with van der Waals surface area (Å²) in [7, 11) is 3.35. The molecule has 2 N–H and O–H groups in total. The summed E-state index contributed by atoms with van der Waals surface area (Å²) in [6, 6.07) is 7.19. The van der Waals surface area contributed by atoms with E-state index in [1.165, 1.54) is 0 Å². The molecule has 0 radical (unpaired) electrons. The Morgan fingerprint density at radius 1 is 1.38 bits per heavy atom. The lowest BCUT2D eigenvalue weighted by Crippen LogP contribution is -2.31. The molecule has 1 aromatic carbocycles. The molecule has 0 spiro atoms. The molecule has 21 heavy (non-hydrogen) atoms. The molecular weight excluding hydrogens is 272 g/mol. The van der Waals surface area contributed by atoms with E-state index < -0.39 is 11.9 Å². The fourth-order valence-electron chi connectivity index (χ4n) is 1.89. The second-order valence-corrected chi connectivity index (χ2v) is 5.00. The van der Waals surface area contributed by atoms with Crippen LogP contribution in [0.3, 0.4) is 0 Å². The Kier molecular flexibility index (Phi) is 6.68. The number of aliphatic carboxylic acids is 1. The molecule has 1 unspecified atom stereocenters. The lowest BCUT2D eigenvalue weighted by molar-refractivity contribution is -0.141. The van der Waals surface area contributed by atoms with Crippen LogP contribution in [0.2, 0.25) is 0 Å². The first kappa shape index (κ1) is 17.0. The number of para-hydroxylation sites is 2. The van der Waals surface area contributed by atoms with Crippen LogP contribution in [0, 0.1) is 5.92 Å². The third-order valence-electron chi connectivity index (χ3n) is 3.11. The van der Waals surface area contributed by atoms with Gasteiger partial charge in [0.1, 0.15) is 5.75 Å². The van der Waals surface area contributed by atoms with Crippen molar-refractivity contribution < 1.29 is 19.4 Å². The fraction of sp³-hybridized carbons (Fsp3) is 0.467. The van der Waals surface area contributed by atoms with Crippen molar-refractivity contribution in [2.45, 2.75) is 13.3 Å². The number of hydrogen-bond acceptors (Lipinski definition) is 4. The Morgan fingerprint density at radius 3 is 2.67 bits per heavy atom. The predicted molar refractivity (Wildman–Crippen MR) is 80.5 cm³/mol. The van der Waals surface area contributed by atoms with Gasteiger partial charge in [-0.25, -0.2) is 0 Å². The van der Waals surface area contributed by atoms with Crippen LogP contribution in [-0.4, -0.2) is 49.1 Å². The molecule has 0 saturated heterocycles. The number of amides is 1. The van der Waals surface area contributed by atoms with Gasteiger partial charge in [-0.2, -0.15) is 0 Å². The molecule has 1 aromatic rings. The van der Waals surface area contributed by atoms with E-state index in [4.69, 9.17) is 9.84 Å². The Bertz CT molecular complexity index is 490. The van der Waals surface area contributed by atoms with Gasteiger partial charge in [-0.3, -0.25) is 9.59 Å². The zero-order valence-electron chi connectivity index (χ0n) is 12.6. The first-order chi connectivity index (χ1) is 9.93. The highest BCUT2D eigenvalue weighted by molar-refractivity contribution is 5.92. The zero-order valence-corrected chi connectivity index (χ0v) is 12.6. The van der Waals surface area contributed by atoms with Crippen molar-refractivity contribution in [2.24, 2.45) is 5.92 Å². The Labute approximate surface area is 124 Å². The number of methoxy groups -OCH3 is 1. The van der Waals surface area contributed by atoms with E-state index in [-0.39, 0.29) is 5.91 Å². The highest BCUT2D eigenvalue weighted by Crippen LogP contribution is 2.22. The molecule has 0 saturated carbocycles. The maximum atomic E-state index is 11.9. The normalized spacial score (nSPS) is 12.0. The molecule has 0 aliphatic heterocycles. The lowest BCUT2D eigenvalue weighted by Gasteiger charge is -2.18. The molecule has 0 aliphatic carbocycles. The van der Waals surface area contributed by atoms with E-state index in [9.17, 15) is 9.59 Å². The van der Waals surface area contributed by atoms with Gasteiger partial charge >= 0.3 is 5.97 Å². The standard InChI is InChI=1S/C15H22N2O4/c1-11(15(19)20)10-17(2)9-8-14(18)16-12-6-4-5-7-13(12)21-3/h4-7,11H,8-10H2,1-3H3,(H,16,18)(H,19,20). The zero-order chi connectivity index (χ0) is 15.8. The summed E-state index contributed by atoms with van der Waals surface area (Å²) in [5, 5.41) is 11.6. The van der Waals surface area contributed by atoms with Crippen molar-refractivity contribution in [1.82, 2.24) is 4.90 Å². The maximum absolute atomic E-state index is 11.9. The van der Waals surface area contributed by atoms with E-state index in [0.29, 0.717) is 30.9 Å². The number of benzene rings is 1. The molecule has 116 valence electrons. The van der Waals surface area contributed by atoms with Crippen LogP contribution in [0.25, 0.3) is 0 Å². The summed E-state index contributed by atoms with van der Waals surface area (Å²) in [5.41, 5.74) is 0.631. The van der Waals surface area contributed by atoms with Crippen LogP contribution in [0.5, 0.6) is 5.75 Å². The van der Waals surface area contributed by atoms with E-state index in [1.807, 2.05) is 17.0 Å². The molecule has 6 heteroatoms. The van der Waals surface area contributed by atoms with Gasteiger partial charge < -0.3 is 20.1 Å². The van der Waals surface area contributed by atoms with Crippen molar-refractivity contribution >= 4 is 17.6 Å². The lowest BCUT2D eigenvalue weighted by atomic mass is 10.2. The molecule has 0 aromatic heterocycles. The number of nitrogens with one attached hydrogen (secondary N) is 1. The van der Waals surface area contributed by atoms with Crippen molar-refractivity contribution in [3.63, 3.8) is 0 Å². The topological polar surface area (TPSA) is 78.9 Å². The third kappa shape index (κ3) is 5.83. The summed E-state index contributed by atoms with van der Waals surface area (Å²) in [4.78, 5) is 24.5. The van der Waals surface area contributed by atoms with Gasteiger partial charge in [0.15, 0.2) is 0 Å². The van der Waals surface area contributed by atoms with E-state index in [2.05, 4.69) is 5.32 Å². The van der Waals surface area contributed by atoms with Crippen LogP contribution in [-0.2, 0) is 9.59 Å². The summed E-state index contributed by atoms with van der Waals surface area (Å²) >= 11 is 0. The number of nitrogens with zero attached hydrogens (tertiary/aromatic N) is 1. The summed E-state index contributed by atoms with van der Waals surface area (Å²) in [6.45, 7) is 2.56. The van der Waals surface area contributed by atoms with Crippen LogP contribution in [0.15, 0.2) is 24.3 Å². The van der Waals surface area contributed by atoms with Gasteiger partial charge in [0, 0.05) is 19.5 Å². The Balaban J connectivity index is 2.42. The number of rotatable bonds is 8. The van der Waals surface area contributed by atoms with E-state index in [0.717, 1.165) is 0 Å². The fourth-order valence-corrected chi connectivity index (χ4v) is 1.89. The van der Waals surface area contributed by atoms with E-state index in [1.54, 1.807) is 33.2 Å². The molecule has 0 heterocycles. The number of ether oxygens (including phenoxy) is 1. The van der Waals surface area contributed by atoms with Crippen molar-refractivity contribution in [2.75, 3.05) is 32.6 Å². The number of anilines is 1. The molecule has 0 fully saturated rings. The summed E-state index contributed by atoms with van der Waals surface area (Å²) in [6.07, 6.45) is 0.293. The maximum Gasteiger partial charge on any atom is 0.307 e. The minimum absolute atomic E-state index is 0.130. The quantitative estimate of drug-likeness (QED) is 0.762. The average molecular weight is 294 g/mol. The highest BCUT2D eigenvalue weighted by atomic mass is 16.5. The molecule has 0 aliphatic rings. The largest absolute Gasteiger partial charge is 0.495 e. The van der Waals surface area contributed by atoms with E-state index >= 15 is 0 Å². The van der Waals surface area contributed by atoms with Crippen molar-refractivity contribution in [1.29, 1.82) is 0 Å². The predicted octanol–water partition coefficient (Wildman–Crippen LogP) is 1.68. The Morgan fingerprint density at radius 2 is 2.05 bits per heavy atom. The van der Waals surface area contributed by atoms with Crippen LogP contribution in [0.1, 0.15) is 13.3 Å². The molecule has 1 atom stereocenters. The number of carboxylic acid groups (broad SMARTS) is 1. The van der Waals surface area contributed by atoms with Crippen LogP contribution in [0.4, 0.5) is 5.69 Å². The minimum atomic E-state index is -0.833. The number of hydrogen-bond donors (Lipinski definition) is 2. The smallest absolute Gasteiger partial charge is 0.307 e. The SMILES string of the molecule is COc1ccccc1NC(=O)CCN(C)CC(C)C(=O)O. The monoisotopic (exact) mass is 294 g/mol. The Hall–Kier alpha value is -2.08. The molecule has 1 amide bonds.